The Morgan fingerprint density at radius 2 is 1.65 bits per heavy atom. The van der Waals surface area contributed by atoms with E-state index in [4.69, 9.17) is 4.42 Å². The Kier molecular flexibility index (Phi) is 3.39. The third-order valence-corrected chi connectivity index (χ3v) is 6.05. The smallest absolute Gasteiger partial charge is 0.417 e. The van der Waals surface area contributed by atoms with E-state index in [-0.39, 0.29) is 21.8 Å². The van der Waals surface area contributed by atoms with Crippen LogP contribution in [0.2, 0.25) is 0 Å². The van der Waals surface area contributed by atoms with E-state index in [0.717, 1.165) is 42.7 Å². The zero-order valence-electron chi connectivity index (χ0n) is 15.4. The molecule has 6 heteroatoms. The molecule has 1 aromatic carbocycles. The molecule has 3 heterocycles. The molecule has 26 heavy (non-hydrogen) atoms. The Bertz CT molecular complexity index is 968. The average Bonchev–Trinajstić information content (AvgIpc) is 2.50. The number of nitrogens with zero attached hydrogens (tertiary/aromatic N) is 1. The summed E-state index contributed by atoms with van der Waals surface area (Å²) in [5.74, 6) is 0. The second-order valence-corrected chi connectivity index (χ2v) is 8.76. The Hall–Kier alpha value is -1.98. The van der Waals surface area contributed by atoms with Gasteiger partial charge in [0.25, 0.3) is 0 Å². The van der Waals surface area contributed by atoms with Gasteiger partial charge in [-0.2, -0.15) is 13.2 Å². The molecule has 0 N–H and O–H groups in total. The molecule has 0 bridgehead atoms. The number of anilines is 1. The van der Waals surface area contributed by atoms with Gasteiger partial charge in [0, 0.05) is 35.8 Å². The molecule has 0 atom stereocenters. The van der Waals surface area contributed by atoms with E-state index >= 15 is 0 Å². The van der Waals surface area contributed by atoms with Crippen LogP contribution in [0.1, 0.15) is 57.2 Å². The number of benzene rings is 1. The maximum Gasteiger partial charge on any atom is 0.417 e. The molecule has 0 saturated heterocycles. The van der Waals surface area contributed by atoms with E-state index in [1.165, 1.54) is 0 Å². The van der Waals surface area contributed by atoms with E-state index < -0.39 is 17.4 Å². The number of alkyl halides is 3. The highest BCUT2D eigenvalue weighted by atomic mass is 19.4. The lowest BCUT2D eigenvalue weighted by molar-refractivity contribution is -0.136. The average molecular weight is 365 g/mol. The highest BCUT2D eigenvalue weighted by Crippen LogP contribution is 2.52. The molecule has 2 aromatic rings. The fourth-order valence-electron chi connectivity index (χ4n) is 4.42. The van der Waals surface area contributed by atoms with Gasteiger partial charge in [-0.15, -0.1) is 0 Å². The summed E-state index contributed by atoms with van der Waals surface area (Å²) >= 11 is 0. The summed E-state index contributed by atoms with van der Waals surface area (Å²) in [4.78, 5) is 14.2. The zero-order chi connectivity index (χ0) is 19.1. The summed E-state index contributed by atoms with van der Waals surface area (Å²) < 4.78 is 46.3. The first-order valence-corrected chi connectivity index (χ1v) is 8.90. The maximum atomic E-state index is 13.7. The summed E-state index contributed by atoms with van der Waals surface area (Å²) in [6.07, 6.45) is -2.92. The second-order valence-electron chi connectivity index (χ2n) is 8.76. The maximum absolute atomic E-state index is 13.7. The van der Waals surface area contributed by atoms with Gasteiger partial charge < -0.3 is 9.32 Å². The summed E-state index contributed by atoms with van der Waals surface area (Å²) in [5.41, 5.74) is 0.254. The first kappa shape index (κ1) is 17.4. The van der Waals surface area contributed by atoms with Crippen molar-refractivity contribution in [3.63, 3.8) is 0 Å². The van der Waals surface area contributed by atoms with Crippen molar-refractivity contribution in [1.29, 1.82) is 0 Å². The Balaban J connectivity index is 2.24. The van der Waals surface area contributed by atoms with Crippen molar-refractivity contribution in [2.45, 2.75) is 57.5 Å². The minimum atomic E-state index is -4.60. The molecule has 0 radical (unpaired) electrons. The summed E-state index contributed by atoms with van der Waals surface area (Å²) in [6.45, 7) is 9.89. The van der Waals surface area contributed by atoms with E-state index in [1.54, 1.807) is 6.07 Å². The first-order valence-electron chi connectivity index (χ1n) is 8.90. The fraction of sp³-hybridized carbons (Fsp3) is 0.550. The SMILES string of the molecule is CC1(C)CCN2CCC(C)(C)c3c2c1cc1c(C(F)(F)F)cc(=O)oc31. The lowest BCUT2D eigenvalue weighted by Crippen LogP contribution is -2.44. The van der Waals surface area contributed by atoms with Crippen LogP contribution in [0.15, 0.2) is 21.3 Å². The van der Waals surface area contributed by atoms with Crippen molar-refractivity contribution in [2.75, 3.05) is 18.0 Å². The molecule has 3 nitrogen and oxygen atoms in total. The largest absolute Gasteiger partial charge is 0.422 e. The molecule has 4 rings (SSSR count). The fourth-order valence-corrected chi connectivity index (χ4v) is 4.42. The number of hydrogen-bond donors (Lipinski definition) is 0. The van der Waals surface area contributed by atoms with Crippen molar-refractivity contribution < 1.29 is 17.6 Å². The molecular weight excluding hydrogens is 343 g/mol. The third kappa shape index (κ3) is 2.37. The topological polar surface area (TPSA) is 33.5 Å². The van der Waals surface area contributed by atoms with Gasteiger partial charge in [-0.25, -0.2) is 4.79 Å². The predicted octanol–water partition coefficient (Wildman–Crippen LogP) is 4.98. The summed E-state index contributed by atoms with van der Waals surface area (Å²) in [7, 11) is 0. The van der Waals surface area contributed by atoms with Crippen LogP contribution >= 0.6 is 0 Å². The molecular formula is C20H22F3NO2. The van der Waals surface area contributed by atoms with Crippen LogP contribution in [-0.2, 0) is 17.0 Å². The van der Waals surface area contributed by atoms with Crippen LogP contribution < -0.4 is 10.5 Å². The number of hydrogen-bond acceptors (Lipinski definition) is 3. The minimum Gasteiger partial charge on any atom is -0.422 e. The van der Waals surface area contributed by atoms with E-state index in [1.807, 2.05) is 13.8 Å². The Labute approximate surface area is 149 Å². The number of halogens is 3. The minimum absolute atomic E-state index is 0.00394. The molecule has 0 aliphatic carbocycles. The standard InChI is InChI=1S/C20H22F3NO2/c1-18(2)5-7-24-8-6-19(3,4)15-16(24)13(18)9-11-12(20(21,22)23)10-14(25)26-17(11)15/h9-10H,5-8H2,1-4H3. The van der Waals surface area contributed by atoms with Crippen molar-refractivity contribution in [3.05, 3.63) is 39.2 Å². The van der Waals surface area contributed by atoms with E-state index in [2.05, 4.69) is 18.7 Å². The van der Waals surface area contributed by atoms with E-state index in [9.17, 15) is 18.0 Å². The molecule has 0 unspecified atom stereocenters. The summed E-state index contributed by atoms with van der Waals surface area (Å²) in [5, 5.41) is -0.00394. The van der Waals surface area contributed by atoms with Gasteiger partial charge in [0.15, 0.2) is 0 Å². The van der Waals surface area contributed by atoms with Gasteiger partial charge in [-0.3, -0.25) is 0 Å². The van der Waals surface area contributed by atoms with Gasteiger partial charge in [-0.1, -0.05) is 27.7 Å². The molecule has 2 aliphatic rings. The Morgan fingerprint density at radius 3 is 2.27 bits per heavy atom. The normalized spacial score (nSPS) is 21.0. The van der Waals surface area contributed by atoms with Gasteiger partial charge >= 0.3 is 11.8 Å². The van der Waals surface area contributed by atoms with Crippen molar-refractivity contribution >= 4 is 16.7 Å². The highest BCUT2D eigenvalue weighted by molar-refractivity contribution is 5.92. The zero-order valence-corrected chi connectivity index (χ0v) is 15.4. The van der Waals surface area contributed by atoms with Crippen LogP contribution in [0.4, 0.5) is 18.9 Å². The van der Waals surface area contributed by atoms with Crippen LogP contribution in [-0.4, -0.2) is 13.1 Å². The van der Waals surface area contributed by atoms with Crippen molar-refractivity contribution in [3.8, 4) is 0 Å². The predicted molar refractivity (Wildman–Crippen MR) is 95.0 cm³/mol. The van der Waals surface area contributed by atoms with Crippen LogP contribution in [0.5, 0.6) is 0 Å². The molecule has 0 saturated carbocycles. The molecule has 2 aliphatic heterocycles. The monoisotopic (exact) mass is 365 g/mol. The second kappa shape index (κ2) is 5.05. The Morgan fingerprint density at radius 1 is 1.04 bits per heavy atom. The van der Waals surface area contributed by atoms with Crippen LogP contribution in [0, 0.1) is 0 Å². The van der Waals surface area contributed by atoms with Gasteiger partial charge in [0.2, 0.25) is 0 Å². The van der Waals surface area contributed by atoms with E-state index in [0.29, 0.717) is 6.07 Å². The number of fused-ring (bicyclic) bond motifs is 2. The molecule has 0 spiro atoms. The molecule has 0 fully saturated rings. The van der Waals surface area contributed by atoms with Crippen molar-refractivity contribution in [2.24, 2.45) is 0 Å². The number of rotatable bonds is 0. The van der Waals surface area contributed by atoms with Gasteiger partial charge in [-0.05, 0) is 35.3 Å². The van der Waals surface area contributed by atoms with Crippen LogP contribution in [0.25, 0.3) is 11.0 Å². The van der Waals surface area contributed by atoms with Gasteiger partial charge in [0.1, 0.15) is 5.58 Å². The lowest BCUT2D eigenvalue weighted by Gasteiger charge is -2.48. The molecule has 1 aromatic heterocycles. The van der Waals surface area contributed by atoms with Crippen molar-refractivity contribution in [1.82, 2.24) is 0 Å². The molecule has 0 amide bonds. The lowest BCUT2D eigenvalue weighted by atomic mass is 9.69. The van der Waals surface area contributed by atoms with Gasteiger partial charge in [0.05, 0.1) is 5.56 Å². The highest BCUT2D eigenvalue weighted by Gasteiger charge is 2.43. The summed E-state index contributed by atoms with van der Waals surface area (Å²) in [6, 6.07) is 2.18. The van der Waals surface area contributed by atoms with Crippen LogP contribution in [0.3, 0.4) is 0 Å². The first-order chi connectivity index (χ1) is 11.9. The third-order valence-electron chi connectivity index (χ3n) is 6.05. The quantitative estimate of drug-likeness (QED) is 0.618. The molecule has 140 valence electrons.